The number of nitrogens with one attached hydrogen (secondary N) is 1. The minimum atomic E-state index is -0.513. The molecule has 1 N–H and O–H groups in total. The third-order valence-corrected chi connectivity index (χ3v) is 3.81. The quantitative estimate of drug-likeness (QED) is 0.818. The van der Waals surface area contributed by atoms with Gasteiger partial charge in [0.15, 0.2) is 0 Å². The smallest absolute Gasteiger partial charge is 0.126 e. The molecule has 19 heavy (non-hydrogen) atoms. The molecule has 0 radical (unpaired) electrons. The fourth-order valence-corrected chi connectivity index (χ4v) is 2.07. The van der Waals surface area contributed by atoms with Gasteiger partial charge >= 0.3 is 0 Å². The summed E-state index contributed by atoms with van der Waals surface area (Å²) in [6.07, 6.45) is 0.861. The van der Waals surface area contributed by atoms with Gasteiger partial charge in [-0.1, -0.05) is 34.6 Å². The van der Waals surface area contributed by atoms with Gasteiger partial charge in [0.1, 0.15) is 11.6 Å². The SMILES string of the molecule is CCNC(CC(C)C(C)(C)C)c1cc(F)cc(F)c1. The third kappa shape index (κ3) is 4.90. The first-order valence-corrected chi connectivity index (χ1v) is 6.93. The molecule has 0 aliphatic carbocycles. The van der Waals surface area contributed by atoms with Gasteiger partial charge in [-0.25, -0.2) is 8.78 Å². The molecule has 1 nitrogen and oxygen atoms in total. The van der Waals surface area contributed by atoms with Crippen LogP contribution < -0.4 is 5.32 Å². The molecule has 1 rings (SSSR count). The molecule has 0 aliphatic heterocycles. The van der Waals surface area contributed by atoms with Gasteiger partial charge in [0, 0.05) is 12.1 Å². The lowest BCUT2D eigenvalue weighted by Gasteiger charge is -2.31. The topological polar surface area (TPSA) is 12.0 Å². The van der Waals surface area contributed by atoms with Crippen LogP contribution in [0.25, 0.3) is 0 Å². The highest BCUT2D eigenvalue weighted by molar-refractivity contribution is 5.21. The molecule has 0 amide bonds. The Balaban J connectivity index is 2.93. The van der Waals surface area contributed by atoms with Crippen molar-refractivity contribution < 1.29 is 8.78 Å². The van der Waals surface area contributed by atoms with Gasteiger partial charge in [0.2, 0.25) is 0 Å². The van der Waals surface area contributed by atoms with E-state index < -0.39 is 11.6 Å². The standard InChI is InChI=1S/C16H25F2N/c1-6-19-15(7-11(2)16(3,4)5)12-8-13(17)10-14(18)9-12/h8-11,15,19H,6-7H2,1-5H3. The van der Waals surface area contributed by atoms with Crippen LogP contribution in [0.3, 0.4) is 0 Å². The van der Waals surface area contributed by atoms with Gasteiger partial charge in [-0.3, -0.25) is 0 Å². The molecule has 0 saturated carbocycles. The van der Waals surface area contributed by atoms with Gasteiger partial charge in [0.25, 0.3) is 0 Å². The Bertz CT molecular complexity index is 389. The summed E-state index contributed by atoms with van der Waals surface area (Å²) in [5.74, 6) is -0.578. The van der Waals surface area contributed by atoms with Crippen molar-refractivity contribution in [2.24, 2.45) is 11.3 Å². The molecular formula is C16H25F2N. The highest BCUT2D eigenvalue weighted by atomic mass is 19.1. The lowest BCUT2D eigenvalue weighted by molar-refractivity contribution is 0.223. The first-order chi connectivity index (χ1) is 8.74. The second-order valence-electron chi connectivity index (χ2n) is 6.32. The van der Waals surface area contributed by atoms with E-state index in [2.05, 4.69) is 33.0 Å². The predicted octanol–water partition coefficient (Wildman–Crippen LogP) is 4.69. The molecule has 0 aromatic heterocycles. The second-order valence-corrected chi connectivity index (χ2v) is 6.32. The minimum Gasteiger partial charge on any atom is -0.310 e. The average molecular weight is 269 g/mol. The summed E-state index contributed by atoms with van der Waals surface area (Å²) in [6, 6.07) is 3.75. The lowest BCUT2D eigenvalue weighted by atomic mass is 9.77. The highest BCUT2D eigenvalue weighted by Gasteiger charge is 2.24. The van der Waals surface area contributed by atoms with E-state index in [0.717, 1.165) is 19.0 Å². The van der Waals surface area contributed by atoms with Crippen molar-refractivity contribution in [3.63, 3.8) is 0 Å². The molecule has 0 aliphatic rings. The van der Waals surface area contributed by atoms with Crippen LogP contribution in [0.1, 0.15) is 52.6 Å². The molecule has 2 unspecified atom stereocenters. The fraction of sp³-hybridized carbons (Fsp3) is 0.625. The normalized spacial score (nSPS) is 15.3. The maximum Gasteiger partial charge on any atom is 0.126 e. The summed E-state index contributed by atoms with van der Waals surface area (Å²) >= 11 is 0. The minimum absolute atomic E-state index is 0.00979. The second kappa shape index (κ2) is 6.47. The summed E-state index contributed by atoms with van der Waals surface area (Å²) in [6.45, 7) is 11.5. The molecule has 0 spiro atoms. The number of halogens is 2. The van der Waals surface area contributed by atoms with Crippen LogP contribution in [0.5, 0.6) is 0 Å². The Labute approximate surface area is 115 Å². The van der Waals surface area contributed by atoms with Crippen molar-refractivity contribution in [3.05, 3.63) is 35.4 Å². The van der Waals surface area contributed by atoms with Crippen LogP contribution in [-0.2, 0) is 0 Å². The monoisotopic (exact) mass is 269 g/mol. The summed E-state index contributed by atoms with van der Waals surface area (Å²) in [4.78, 5) is 0. The van der Waals surface area contributed by atoms with Gasteiger partial charge in [0.05, 0.1) is 0 Å². The third-order valence-electron chi connectivity index (χ3n) is 3.81. The van der Waals surface area contributed by atoms with E-state index in [1.54, 1.807) is 0 Å². The van der Waals surface area contributed by atoms with Crippen LogP contribution in [0.4, 0.5) is 8.78 Å². The molecule has 0 bridgehead atoms. The zero-order chi connectivity index (χ0) is 14.6. The van der Waals surface area contributed by atoms with Crippen molar-refractivity contribution in [2.75, 3.05) is 6.54 Å². The van der Waals surface area contributed by atoms with Gasteiger partial charge in [-0.05, 0) is 42.0 Å². The van der Waals surface area contributed by atoms with Gasteiger partial charge in [-0.2, -0.15) is 0 Å². The first-order valence-electron chi connectivity index (χ1n) is 6.93. The Kier molecular flexibility index (Phi) is 5.48. The summed E-state index contributed by atoms with van der Waals surface area (Å²) in [5, 5.41) is 3.32. The summed E-state index contributed by atoms with van der Waals surface area (Å²) < 4.78 is 26.7. The maximum atomic E-state index is 13.3. The van der Waals surface area contributed by atoms with Crippen molar-refractivity contribution >= 4 is 0 Å². The van der Waals surface area contributed by atoms with Crippen molar-refractivity contribution in [1.82, 2.24) is 5.32 Å². The summed E-state index contributed by atoms with van der Waals surface area (Å²) in [5.41, 5.74) is 0.870. The van der Waals surface area contributed by atoms with Crippen LogP contribution in [-0.4, -0.2) is 6.54 Å². The predicted molar refractivity (Wildman–Crippen MR) is 76.0 cm³/mol. The lowest BCUT2D eigenvalue weighted by Crippen LogP contribution is -2.27. The molecule has 3 heteroatoms. The Hall–Kier alpha value is -0.960. The van der Waals surface area contributed by atoms with E-state index in [4.69, 9.17) is 0 Å². The Morgan fingerprint density at radius 2 is 1.63 bits per heavy atom. The van der Waals surface area contributed by atoms with E-state index in [1.807, 2.05) is 6.92 Å². The molecule has 2 atom stereocenters. The van der Waals surface area contributed by atoms with E-state index in [0.29, 0.717) is 11.5 Å². The molecule has 108 valence electrons. The zero-order valence-electron chi connectivity index (χ0n) is 12.6. The van der Waals surface area contributed by atoms with E-state index >= 15 is 0 Å². The fourth-order valence-electron chi connectivity index (χ4n) is 2.07. The van der Waals surface area contributed by atoms with Crippen LogP contribution in [0, 0.1) is 23.0 Å². The van der Waals surface area contributed by atoms with Gasteiger partial charge < -0.3 is 5.32 Å². The summed E-state index contributed by atoms with van der Waals surface area (Å²) in [7, 11) is 0. The molecular weight excluding hydrogens is 244 g/mol. The number of benzene rings is 1. The Morgan fingerprint density at radius 1 is 1.11 bits per heavy atom. The van der Waals surface area contributed by atoms with Crippen molar-refractivity contribution in [2.45, 2.75) is 47.1 Å². The average Bonchev–Trinajstić information content (AvgIpc) is 2.25. The zero-order valence-corrected chi connectivity index (χ0v) is 12.6. The largest absolute Gasteiger partial charge is 0.310 e. The number of hydrogen-bond acceptors (Lipinski definition) is 1. The van der Waals surface area contributed by atoms with E-state index in [1.165, 1.54) is 12.1 Å². The van der Waals surface area contributed by atoms with Crippen LogP contribution >= 0.6 is 0 Å². The van der Waals surface area contributed by atoms with Gasteiger partial charge in [-0.15, -0.1) is 0 Å². The number of hydrogen-bond donors (Lipinski definition) is 1. The first kappa shape index (κ1) is 16.1. The van der Waals surface area contributed by atoms with E-state index in [-0.39, 0.29) is 11.5 Å². The maximum absolute atomic E-state index is 13.3. The van der Waals surface area contributed by atoms with Crippen LogP contribution in [0.2, 0.25) is 0 Å². The van der Waals surface area contributed by atoms with Crippen LogP contribution in [0.15, 0.2) is 18.2 Å². The van der Waals surface area contributed by atoms with Crippen molar-refractivity contribution in [3.8, 4) is 0 Å². The molecule has 0 fully saturated rings. The molecule has 1 aromatic carbocycles. The molecule has 0 saturated heterocycles. The molecule has 0 heterocycles. The Morgan fingerprint density at radius 3 is 2.05 bits per heavy atom. The molecule has 1 aromatic rings. The number of rotatable bonds is 5. The van der Waals surface area contributed by atoms with E-state index in [9.17, 15) is 8.78 Å². The highest BCUT2D eigenvalue weighted by Crippen LogP contribution is 2.33. The van der Waals surface area contributed by atoms with Crippen molar-refractivity contribution in [1.29, 1.82) is 0 Å².